The Morgan fingerprint density at radius 3 is 2.68 bits per heavy atom. The Bertz CT molecular complexity index is 1020. The number of nitrogens with one attached hydrogen (secondary N) is 2. The number of benzene rings is 2. The van der Waals surface area contributed by atoms with E-state index in [4.69, 9.17) is 4.74 Å². The average molecular weight is 442 g/mol. The third kappa shape index (κ3) is 5.90. The molecule has 1 aliphatic rings. The molecule has 4 rings (SSSR count). The molecule has 0 atom stereocenters. The summed E-state index contributed by atoms with van der Waals surface area (Å²) < 4.78 is 19.3. The third-order valence-electron chi connectivity index (χ3n) is 5.02. The van der Waals surface area contributed by atoms with Crippen molar-refractivity contribution in [1.29, 1.82) is 0 Å². The van der Waals surface area contributed by atoms with Crippen LogP contribution in [0.4, 0.5) is 4.39 Å². The number of carbonyl (C=O) groups excluding carboxylic acids is 1. The van der Waals surface area contributed by atoms with E-state index >= 15 is 0 Å². The molecule has 2 heterocycles. The number of thioether (sulfide) groups is 1. The first kappa shape index (κ1) is 21.5. The molecule has 2 N–H and O–H groups in total. The van der Waals surface area contributed by atoms with E-state index in [0.29, 0.717) is 23.1 Å². The number of aromatic nitrogens is 3. The number of hydrogen-bond donors (Lipinski definition) is 2. The number of rotatable bonds is 8. The van der Waals surface area contributed by atoms with Gasteiger partial charge >= 0.3 is 0 Å². The zero-order valence-corrected chi connectivity index (χ0v) is 17.8. The minimum Gasteiger partial charge on any atom is -0.379 e. The minimum atomic E-state index is -0.372. The number of ether oxygens (including phenoxy) is 1. The quantitative estimate of drug-likeness (QED) is 0.523. The predicted molar refractivity (Wildman–Crippen MR) is 117 cm³/mol. The summed E-state index contributed by atoms with van der Waals surface area (Å²) in [4.78, 5) is 19.0. The predicted octanol–water partition coefficient (Wildman–Crippen LogP) is 2.85. The monoisotopic (exact) mass is 441 g/mol. The Morgan fingerprint density at radius 1 is 1.13 bits per heavy atom. The van der Waals surface area contributed by atoms with Crippen LogP contribution in [0, 0.1) is 5.82 Å². The van der Waals surface area contributed by atoms with Gasteiger partial charge in [-0.25, -0.2) is 9.37 Å². The van der Waals surface area contributed by atoms with E-state index in [1.807, 2.05) is 18.2 Å². The van der Waals surface area contributed by atoms with Gasteiger partial charge in [0, 0.05) is 26.2 Å². The highest BCUT2D eigenvalue weighted by atomic mass is 32.2. The van der Waals surface area contributed by atoms with Crippen molar-refractivity contribution in [2.24, 2.45) is 0 Å². The Balaban J connectivity index is 1.28. The first-order valence-electron chi connectivity index (χ1n) is 10.1. The molecule has 0 radical (unpaired) electrons. The number of morpholine rings is 1. The smallest absolute Gasteiger partial charge is 0.230 e. The number of H-pyrrole nitrogens is 1. The summed E-state index contributed by atoms with van der Waals surface area (Å²) in [5, 5.41) is 10.2. The molecule has 1 aliphatic heterocycles. The van der Waals surface area contributed by atoms with Crippen molar-refractivity contribution >= 4 is 17.7 Å². The Kier molecular flexibility index (Phi) is 7.29. The lowest BCUT2D eigenvalue weighted by molar-refractivity contribution is -0.118. The summed E-state index contributed by atoms with van der Waals surface area (Å²) in [5.41, 5.74) is 2.66. The fraction of sp³-hybridized carbons (Fsp3) is 0.318. The van der Waals surface area contributed by atoms with Gasteiger partial charge in [0.05, 0.1) is 24.5 Å². The van der Waals surface area contributed by atoms with E-state index in [2.05, 4.69) is 31.5 Å². The summed E-state index contributed by atoms with van der Waals surface area (Å²) in [6.45, 7) is 4.67. The molecular formula is C22H24FN5O2S. The van der Waals surface area contributed by atoms with Gasteiger partial charge in [0.1, 0.15) is 5.82 Å². The second kappa shape index (κ2) is 10.5. The van der Waals surface area contributed by atoms with E-state index in [1.54, 1.807) is 18.2 Å². The number of halogens is 1. The molecule has 2 aromatic carbocycles. The molecule has 0 unspecified atom stereocenters. The van der Waals surface area contributed by atoms with Crippen LogP contribution in [0.15, 0.2) is 53.7 Å². The van der Waals surface area contributed by atoms with E-state index in [1.165, 1.54) is 23.4 Å². The Hall–Kier alpha value is -2.75. The number of carbonyl (C=O) groups is 1. The van der Waals surface area contributed by atoms with Crippen LogP contribution in [-0.4, -0.2) is 58.0 Å². The first-order valence-corrected chi connectivity index (χ1v) is 11.1. The number of amides is 1. The summed E-state index contributed by atoms with van der Waals surface area (Å²) in [6.07, 6.45) is 0. The van der Waals surface area contributed by atoms with Gasteiger partial charge in [-0.1, -0.05) is 48.2 Å². The topological polar surface area (TPSA) is 83.1 Å². The molecule has 1 fully saturated rings. The molecule has 3 aromatic rings. The van der Waals surface area contributed by atoms with Gasteiger partial charge in [0.15, 0.2) is 5.82 Å². The molecule has 1 aromatic heterocycles. The van der Waals surface area contributed by atoms with Crippen molar-refractivity contribution in [1.82, 2.24) is 25.4 Å². The average Bonchev–Trinajstić information content (AvgIpc) is 3.27. The second-order valence-corrected chi connectivity index (χ2v) is 8.11. The fourth-order valence-corrected chi connectivity index (χ4v) is 3.97. The largest absolute Gasteiger partial charge is 0.379 e. The molecule has 0 spiro atoms. The zero-order valence-electron chi connectivity index (χ0n) is 17.0. The summed E-state index contributed by atoms with van der Waals surface area (Å²) in [5.74, 6) is 0.0466. The maximum Gasteiger partial charge on any atom is 0.230 e. The van der Waals surface area contributed by atoms with E-state index in [0.717, 1.165) is 38.4 Å². The number of aromatic amines is 1. The van der Waals surface area contributed by atoms with Crippen LogP contribution >= 0.6 is 11.8 Å². The van der Waals surface area contributed by atoms with E-state index in [-0.39, 0.29) is 17.5 Å². The summed E-state index contributed by atoms with van der Waals surface area (Å²) in [7, 11) is 0. The maximum absolute atomic E-state index is 13.9. The van der Waals surface area contributed by atoms with Crippen LogP contribution in [-0.2, 0) is 22.6 Å². The Morgan fingerprint density at radius 2 is 1.87 bits per heavy atom. The SMILES string of the molecule is O=C(CSc1n[nH]c(-c2ccccc2F)n1)NCc1ccccc1CN1CCOCC1. The number of hydrogen-bond acceptors (Lipinski definition) is 6. The van der Waals surface area contributed by atoms with Crippen molar-refractivity contribution in [2.45, 2.75) is 18.2 Å². The van der Waals surface area contributed by atoms with Gasteiger partial charge in [-0.15, -0.1) is 5.10 Å². The lowest BCUT2D eigenvalue weighted by atomic mass is 10.1. The van der Waals surface area contributed by atoms with Gasteiger partial charge in [0.25, 0.3) is 0 Å². The van der Waals surface area contributed by atoms with Gasteiger partial charge < -0.3 is 10.1 Å². The van der Waals surface area contributed by atoms with Crippen molar-refractivity contribution in [2.75, 3.05) is 32.1 Å². The molecule has 0 saturated carbocycles. The molecular weight excluding hydrogens is 417 g/mol. The molecule has 31 heavy (non-hydrogen) atoms. The van der Waals surface area contributed by atoms with Gasteiger partial charge in [-0.05, 0) is 23.3 Å². The highest BCUT2D eigenvalue weighted by Crippen LogP contribution is 2.21. The van der Waals surface area contributed by atoms with Crippen LogP contribution in [0.3, 0.4) is 0 Å². The molecule has 0 aliphatic carbocycles. The molecule has 0 bridgehead atoms. The third-order valence-corrected chi connectivity index (χ3v) is 5.87. The van der Waals surface area contributed by atoms with Crippen LogP contribution in [0.2, 0.25) is 0 Å². The highest BCUT2D eigenvalue weighted by molar-refractivity contribution is 7.99. The Labute approximate surface area is 184 Å². The summed E-state index contributed by atoms with van der Waals surface area (Å²) in [6, 6.07) is 14.5. The molecule has 1 amide bonds. The first-order chi connectivity index (χ1) is 15.2. The van der Waals surface area contributed by atoms with Crippen LogP contribution < -0.4 is 5.32 Å². The van der Waals surface area contributed by atoms with Gasteiger partial charge in [-0.3, -0.25) is 14.8 Å². The summed E-state index contributed by atoms with van der Waals surface area (Å²) >= 11 is 1.21. The molecule has 162 valence electrons. The van der Waals surface area contributed by atoms with Gasteiger partial charge in [-0.2, -0.15) is 0 Å². The molecule has 7 nitrogen and oxygen atoms in total. The fourth-order valence-electron chi connectivity index (χ4n) is 3.34. The lowest BCUT2D eigenvalue weighted by Gasteiger charge is -2.27. The number of nitrogens with zero attached hydrogens (tertiary/aromatic N) is 3. The van der Waals surface area contributed by atoms with E-state index in [9.17, 15) is 9.18 Å². The van der Waals surface area contributed by atoms with Crippen LogP contribution in [0.1, 0.15) is 11.1 Å². The maximum atomic E-state index is 13.9. The second-order valence-electron chi connectivity index (χ2n) is 7.17. The van der Waals surface area contributed by atoms with E-state index < -0.39 is 0 Å². The normalized spacial score (nSPS) is 14.5. The van der Waals surface area contributed by atoms with Crippen molar-refractivity contribution in [3.8, 4) is 11.4 Å². The van der Waals surface area contributed by atoms with Crippen LogP contribution in [0.5, 0.6) is 0 Å². The van der Waals surface area contributed by atoms with Gasteiger partial charge in [0.2, 0.25) is 11.1 Å². The highest BCUT2D eigenvalue weighted by Gasteiger charge is 2.14. The molecule has 9 heteroatoms. The van der Waals surface area contributed by atoms with Crippen molar-refractivity contribution in [3.05, 3.63) is 65.5 Å². The van der Waals surface area contributed by atoms with Crippen molar-refractivity contribution < 1.29 is 13.9 Å². The lowest BCUT2D eigenvalue weighted by Crippen LogP contribution is -2.36. The molecule has 1 saturated heterocycles. The minimum absolute atomic E-state index is 0.108. The zero-order chi connectivity index (χ0) is 21.5. The van der Waals surface area contributed by atoms with Crippen LogP contribution in [0.25, 0.3) is 11.4 Å². The van der Waals surface area contributed by atoms with Crippen molar-refractivity contribution in [3.63, 3.8) is 0 Å². The standard InChI is InChI=1S/C22H24FN5O2S/c23-19-8-4-3-7-18(19)21-25-22(27-26-21)31-15-20(29)24-13-16-5-1-2-6-17(16)14-28-9-11-30-12-10-28/h1-8H,9-15H2,(H,24,29)(H,25,26,27).